The number of hydrogen-bond acceptors (Lipinski definition) is 3. The van der Waals surface area contributed by atoms with Crippen molar-refractivity contribution in [3.8, 4) is 0 Å². The summed E-state index contributed by atoms with van der Waals surface area (Å²) in [5.74, 6) is -0.383. The van der Waals surface area contributed by atoms with Crippen LogP contribution in [0, 0.1) is 11.2 Å². The third-order valence-corrected chi connectivity index (χ3v) is 5.37. The Morgan fingerprint density at radius 3 is 2.50 bits per heavy atom. The van der Waals surface area contributed by atoms with E-state index in [9.17, 15) is 9.18 Å². The largest absolute Gasteiger partial charge is 0.383 e. The molecule has 1 fully saturated rings. The maximum absolute atomic E-state index is 14.6. The zero-order chi connectivity index (χ0) is 18.8. The molecular formula is C21H25FN2O2. The van der Waals surface area contributed by atoms with Crippen molar-refractivity contribution in [1.82, 2.24) is 9.88 Å². The lowest BCUT2D eigenvalue weighted by atomic mass is 9.86. The molecule has 0 saturated heterocycles. The lowest BCUT2D eigenvalue weighted by Crippen LogP contribution is -2.43. The Morgan fingerprint density at radius 1 is 1.23 bits per heavy atom. The number of aromatic nitrogens is 1. The van der Waals surface area contributed by atoms with Crippen LogP contribution in [0.4, 0.5) is 4.39 Å². The third kappa shape index (κ3) is 3.23. The summed E-state index contributed by atoms with van der Waals surface area (Å²) in [5, 5.41) is 0. The predicted octanol–water partition coefficient (Wildman–Crippen LogP) is 3.56. The van der Waals surface area contributed by atoms with Crippen LogP contribution in [0.5, 0.6) is 0 Å². The number of carbonyl (C=O) groups is 1. The first-order chi connectivity index (χ1) is 12.4. The molecule has 1 heterocycles. The van der Waals surface area contributed by atoms with Crippen LogP contribution in [0.25, 0.3) is 0 Å². The van der Waals surface area contributed by atoms with Crippen LogP contribution in [-0.2, 0) is 21.5 Å². The number of benzene rings is 1. The highest BCUT2D eigenvalue weighted by Crippen LogP contribution is 2.65. The van der Waals surface area contributed by atoms with E-state index in [1.54, 1.807) is 36.4 Å². The maximum Gasteiger partial charge on any atom is 0.234 e. The quantitative estimate of drug-likeness (QED) is 0.762. The Balaban J connectivity index is 1.95. The second kappa shape index (κ2) is 7.16. The second-order valence-corrected chi connectivity index (χ2v) is 7.49. The summed E-state index contributed by atoms with van der Waals surface area (Å²) in [6, 6.07) is 12.2. The fraction of sp³-hybridized carbons (Fsp3) is 0.429. The molecule has 1 aliphatic rings. The minimum atomic E-state index is -0.832. The van der Waals surface area contributed by atoms with Crippen LogP contribution >= 0.6 is 0 Å². The summed E-state index contributed by atoms with van der Waals surface area (Å²) in [5.41, 5.74) is 0.167. The Labute approximate surface area is 154 Å². The van der Waals surface area contributed by atoms with E-state index in [-0.39, 0.29) is 17.1 Å². The third-order valence-electron chi connectivity index (χ3n) is 5.37. The van der Waals surface area contributed by atoms with E-state index in [1.807, 2.05) is 32.0 Å². The minimum absolute atomic E-state index is 0.0599. The minimum Gasteiger partial charge on any atom is -0.383 e. The molecule has 1 aromatic heterocycles. The van der Waals surface area contributed by atoms with Crippen LogP contribution in [0.2, 0.25) is 0 Å². The Hall–Kier alpha value is -2.27. The van der Waals surface area contributed by atoms with Gasteiger partial charge < -0.3 is 9.64 Å². The molecule has 2 aromatic rings. The molecule has 1 aromatic carbocycles. The van der Waals surface area contributed by atoms with Gasteiger partial charge in [-0.1, -0.05) is 38.1 Å². The summed E-state index contributed by atoms with van der Waals surface area (Å²) < 4.78 is 19.7. The highest BCUT2D eigenvalue weighted by atomic mass is 19.1. The number of carbonyl (C=O) groups excluding carboxylic acids is 1. The second-order valence-electron chi connectivity index (χ2n) is 7.49. The predicted molar refractivity (Wildman–Crippen MR) is 98.0 cm³/mol. The van der Waals surface area contributed by atoms with E-state index < -0.39 is 5.41 Å². The first-order valence-electron chi connectivity index (χ1n) is 8.85. The summed E-state index contributed by atoms with van der Waals surface area (Å²) in [6.07, 6.45) is 2.34. The van der Waals surface area contributed by atoms with Gasteiger partial charge in [0.05, 0.1) is 24.3 Å². The number of rotatable bonds is 7. The molecule has 1 amide bonds. The van der Waals surface area contributed by atoms with Crippen LogP contribution in [0.1, 0.15) is 31.5 Å². The molecule has 0 unspecified atom stereocenters. The van der Waals surface area contributed by atoms with Gasteiger partial charge in [0.2, 0.25) is 5.91 Å². The topological polar surface area (TPSA) is 42.4 Å². The van der Waals surface area contributed by atoms with Gasteiger partial charge in [-0.2, -0.15) is 0 Å². The maximum atomic E-state index is 14.6. The standard InChI is InChI=1S/C21H25FN2O2/c1-20(2)15-21(20,17-9-4-5-10-18(17)22)19(25)24(12-13-26-3)14-16-8-6-7-11-23-16/h4-11H,12-15H2,1-3H3/t21-/m1/s1. The molecule has 1 aliphatic carbocycles. The van der Waals surface area contributed by atoms with Crippen molar-refractivity contribution in [2.45, 2.75) is 32.2 Å². The Bertz CT molecular complexity index is 779. The molecule has 0 radical (unpaired) electrons. The van der Waals surface area contributed by atoms with E-state index >= 15 is 0 Å². The van der Waals surface area contributed by atoms with Crippen LogP contribution in [0.15, 0.2) is 48.7 Å². The smallest absolute Gasteiger partial charge is 0.234 e. The normalized spacial score (nSPS) is 20.6. The number of halogens is 1. The zero-order valence-corrected chi connectivity index (χ0v) is 15.5. The van der Waals surface area contributed by atoms with Crippen molar-refractivity contribution in [2.75, 3.05) is 20.3 Å². The highest BCUT2D eigenvalue weighted by molar-refractivity contribution is 5.93. The van der Waals surface area contributed by atoms with E-state index in [2.05, 4.69) is 4.98 Å². The van der Waals surface area contributed by atoms with Crippen molar-refractivity contribution in [2.24, 2.45) is 5.41 Å². The molecule has 0 N–H and O–H groups in total. The molecule has 1 atom stereocenters. The molecule has 3 rings (SSSR count). The summed E-state index contributed by atoms with van der Waals surface area (Å²) in [4.78, 5) is 19.7. The summed E-state index contributed by atoms with van der Waals surface area (Å²) in [6.45, 7) is 5.29. The molecule has 0 bridgehead atoms. The SMILES string of the molecule is COCCN(Cc1ccccn1)C(=O)[C@]1(c2ccccc2F)CC1(C)C. The van der Waals surface area contributed by atoms with Crippen LogP contribution in [0.3, 0.4) is 0 Å². The van der Waals surface area contributed by atoms with Gasteiger partial charge in [0.25, 0.3) is 0 Å². The molecule has 0 spiro atoms. The number of pyridine rings is 1. The lowest BCUT2D eigenvalue weighted by molar-refractivity contribution is -0.136. The van der Waals surface area contributed by atoms with Gasteiger partial charge >= 0.3 is 0 Å². The van der Waals surface area contributed by atoms with Crippen molar-refractivity contribution < 1.29 is 13.9 Å². The lowest BCUT2D eigenvalue weighted by Gasteiger charge is -2.30. The Kier molecular flexibility index (Phi) is 5.10. The van der Waals surface area contributed by atoms with Gasteiger partial charge in [0.15, 0.2) is 0 Å². The monoisotopic (exact) mass is 356 g/mol. The summed E-state index contributed by atoms with van der Waals surface area (Å²) in [7, 11) is 1.61. The number of nitrogens with zero attached hydrogens (tertiary/aromatic N) is 2. The van der Waals surface area contributed by atoms with Gasteiger partial charge in [-0.15, -0.1) is 0 Å². The molecule has 26 heavy (non-hydrogen) atoms. The van der Waals surface area contributed by atoms with E-state index in [0.29, 0.717) is 31.7 Å². The number of methoxy groups -OCH3 is 1. The average Bonchev–Trinajstić information content (AvgIpc) is 3.22. The number of amides is 1. The fourth-order valence-electron chi connectivity index (χ4n) is 3.78. The number of ether oxygens (including phenoxy) is 1. The average molecular weight is 356 g/mol. The number of hydrogen-bond donors (Lipinski definition) is 0. The van der Waals surface area contributed by atoms with E-state index in [0.717, 1.165) is 5.69 Å². The van der Waals surface area contributed by atoms with Gasteiger partial charge in [-0.3, -0.25) is 9.78 Å². The molecule has 138 valence electrons. The molecule has 4 nitrogen and oxygen atoms in total. The van der Waals surface area contributed by atoms with Crippen molar-refractivity contribution >= 4 is 5.91 Å². The first kappa shape index (κ1) is 18.5. The molecular weight excluding hydrogens is 331 g/mol. The summed E-state index contributed by atoms with van der Waals surface area (Å²) >= 11 is 0. The van der Waals surface area contributed by atoms with E-state index in [1.165, 1.54) is 6.07 Å². The zero-order valence-electron chi connectivity index (χ0n) is 15.5. The van der Waals surface area contributed by atoms with Crippen molar-refractivity contribution in [3.63, 3.8) is 0 Å². The molecule has 0 aliphatic heterocycles. The molecule has 5 heteroatoms. The fourth-order valence-corrected chi connectivity index (χ4v) is 3.78. The van der Waals surface area contributed by atoms with Gasteiger partial charge in [0, 0.05) is 25.4 Å². The van der Waals surface area contributed by atoms with Crippen molar-refractivity contribution in [3.05, 3.63) is 65.7 Å². The van der Waals surface area contributed by atoms with Crippen LogP contribution in [-0.4, -0.2) is 36.1 Å². The van der Waals surface area contributed by atoms with Crippen LogP contribution < -0.4 is 0 Å². The Morgan fingerprint density at radius 2 is 1.92 bits per heavy atom. The molecule has 1 saturated carbocycles. The van der Waals surface area contributed by atoms with Gasteiger partial charge in [-0.25, -0.2) is 4.39 Å². The van der Waals surface area contributed by atoms with Gasteiger partial charge in [-0.05, 0) is 30.0 Å². The van der Waals surface area contributed by atoms with E-state index in [4.69, 9.17) is 4.74 Å². The highest BCUT2D eigenvalue weighted by Gasteiger charge is 2.68. The first-order valence-corrected chi connectivity index (χ1v) is 8.85. The van der Waals surface area contributed by atoms with Crippen molar-refractivity contribution in [1.29, 1.82) is 0 Å². The van der Waals surface area contributed by atoms with Gasteiger partial charge in [0.1, 0.15) is 5.82 Å².